The average molecular weight is 1310 g/mol. The highest BCUT2D eigenvalue weighted by atomic mass is 31.2. The summed E-state index contributed by atoms with van der Waals surface area (Å²) in [5.74, 6) is -1.71. The number of aliphatic hydroxyl groups excluding tert-OH is 2. The number of allylic oxidation sites excluding steroid dienone is 26. The van der Waals surface area contributed by atoms with Gasteiger partial charge in [-0.1, -0.05) is 237 Å². The molecule has 0 saturated carbocycles. The molecular weight excluding hydrogens is 1190 g/mol. The summed E-state index contributed by atoms with van der Waals surface area (Å²) in [6, 6.07) is 0. The highest BCUT2D eigenvalue weighted by Gasteiger charge is 2.29. The number of unbranched alkanes of at least 4 members (excludes halogenated alkanes) is 13. The van der Waals surface area contributed by atoms with Gasteiger partial charge in [0.05, 0.1) is 26.4 Å². The van der Waals surface area contributed by atoms with Crippen LogP contribution in [0.2, 0.25) is 0 Å². The topological polar surface area (TPSA) is 231 Å². The number of aliphatic hydroxyl groups is 2. The lowest BCUT2D eigenvalue weighted by atomic mass is 10.1. The van der Waals surface area contributed by atoms with E-state index in [1.165, 1.54) is 0 Å². The molecule has 0 heterocycles. The van der Waals surface area contributed by atoms with Crippen LogP contribution in [0.3, 0.4) is 0 Å². The number of carbonyl (C=O) groups is 3. The molecule has 4 N–H and O–H groups in total. The van der Waals surface area contributed by atoms with E-state index < -0.39 is 91.5 Å². The Bertz CT molecular complexity index is 2290. The van der Waals surface area contributed by atoms with E-state index in [-0.39, 0.29) is 19.3 Å². The highest BCUT2D eigenvalue weighted by molar-refractivity contribution is 7.47. The molecule has 0 bridgehead atoms. The van der Waals surface area contributed by atoms with E-state index in [4.69, 9.17) is 32.3 Å². The van der Waals surface area contributed by atoms with Gasteiger partial charge in [0.1, 0.15) is 25.4 Å². The number of rotatable bonds is 62. The van der Waals surface area contributed by atoms with Crippen LogP contribution in [0, 0.1) is 0 Å². The summed E-state index contributed by atoms with van der Waals surface area (Å²) < 4.78 is 60.7. The number of phosphoric ester groups is 2. The molecule has 0 aromatic carbocycles. The number of hydrogen-bond donors (Lipinski definition) is 4. The van der Waals surface area contributed by atoms with Gasteiger partial charge in [-0.05, 0) is 128 Å². The number of phosphoric acid groups is 2. The lowest BCUT2D eigenvalue weighted by Gasteiger charge is -2.21. The first kappa shape index (κ1) is 86.2. The van der Waals surface area contributed by atoms with Crippen molar-refractivity contribution < 1.29 is 75.8 Å². The van der Waals surface area contributed by atoms with Gasteiger partial charge < -0.3 is 34.2 Å². The van der Waals surface area contributed by atoms with Crippen LogP contribution < -0.4 is 0 Å². The summed E-state index contributed by atoms with van der Waals surface area (Å²) >= 11 is 0. The molecule has 0 aliphatic carbocycles. The molecule has 5 atom stereocenters. The molecule has 0 spiro atoms. The molecule has 0 radical (unpaired) electrons. The van der Waals surface area contributed by atoms with Crippen LogP contribution in [0.1, 0.15) is 226 Å². The van der Waals surface area contributed by atoms with E-state index >= 15 is 0 Å². The van der Waals surface area contributed by atoms with E-state index in [0.29, 0.717) is 25.7 Å². The molecule has 516 valence electrons. The van der Waals surface area contributed by atoms with Gasteiger partial charge in [0.2, 0.25) is 0 Å². The van der Waals surface area contributed by atoms with Gasteiger partial charge in [0, 0.05) is 19.3 Å². The van der Waals surface area contributed by atoms with Crippen molar-refractivity contribution in [3.8, 4) is 0 Å². The molecule has 0 aromatic heterocycles. The molecule has 0 aliphatic heterocycles. The zero-order valence-electron chi connectivity index (χ0n) is 55.7. The Kier molecular flexibility index (Phi) is 61.8. The van der Waals surface area contributed by atoms with Crippen LogP contribution in [0.25, 0.3) is 0 Å². The van der Waals surface area contributed by atoms with Crippen LogP contribution in [-0.4, -0.2) is 95.9 Å². The fourth-order valence-corrected chi connectivity index (χ4v) is 9.71. The normalized spacial score (nSPS) is 15.2. The molecule has 0 saturated heterocycles. The molecule has 91 heavy (non-hydrogen) atoms. The predicted molar refractivity (Wildman–Crippen MR) is 371 cm³/mol. The van der Waals surface area contributed by atoms with Crippen molar-refractivity contribution in [2.24, 2.45) is 0 Å². The molecule has 18 heteroatoms. The van der Waals surface area contributed by atoms with Crippen molar-refractivity contribution >= 4 is 33.6 Å². The third-order valence-corrected chi connectivity index (χ3v) is 15.1. The van der Waals surface area contributed by atoms with Gasteiger partial charge in [0.15, 0.2) is 6.10 Å². The monoisotopic (exact) mass is 1310 g/mol. The summed E-state index contributed by atoms with van der Waals surface area (Å²) in [4.78, 5) is 58.3. The Morgan fingerprint density at radius 3 is 0.989 bits per heavy atom. The number of ether oxygens (including phenoxy) is 3. The van der Waals surface area contributed by atoms with Crippen LogP contribution >= 0.6 is 15.6 Å². The van der Waals surface area contributed by atoms with Gasteiger partial charge in [0.25, 0.3) is 0 Å². The maximum atomic E-state index is 12.9. The summed E-state index contributed by atoms with van der Waals surface area (Å²) in [5.41, 5.74) is 0. The maximum absolute atomic E-state index is 12.9. The zero-order valence-corrected chi connectivity index (χ0v) is 57.5. The van der Waals surface area contributed by atoms with E-state index in [1.54, 1.807) is 0 Å². The standard InChI is InChI=1S/C73H118O16P2/c1-4-7-10-13-16-19-22-25-27-29-31-32-33-34-36-38-39-42-44-47-50-53-56-59-71(76)83-62-68(74)63-85-90(79,80)86-64-69(75)65-87-91(81,82)88-67-70(89-73(78)61-58-55-52-49-46-41-24-21-18-15-12-9-6-3)66-84-72(77)60-57-54-51-48-45-43-40-37-35-30-28-26-23-20-17-14-11-8-5-2/h7-8,10-12,15-17,19-21,24-28,31-32,34-37,43,45,51,54,68-70,74-75H,4-6,9,13-14,18,22-23,29-30,33,38-42,44,46-50,52-53,55-67H2,1-3H3,(H,79,80)(H,81,82)/b10-7-,11-8-,15-12-,19-16-,20-17-,24-21-,27-25-,28-26-,32-31-,36-34-,37-35-,45-43-,54-51-. The Morgan fingerprint density at radius 1 is 0.319 bits per heavy atom. The van der Waals surface area contributed by atoms with Gasteiger partial charge in [-0.2, -0.15) is 0 Å². The summed E-state index contributed by atoms with van der Waals surface area (Å²) in [5, 5.41) is 20.5. The average Bonchev–Trinajstić information content (AvgIpc) is 3.74. The number of carbonyl (C=O) groups excluding carboxylic acids is 3. The van der Waals surface area contributed by atoms with Crippen LogP contribution in [0.4, 0.5) is 0 Å². The fourth-order valence-electron chi connectivity index (χ4n) is 8.13. The lowest BCUT2D eigenvalue weighted by Crippen LogP contribution is -2.30. The maximum Gasteiger partial charge on any atom is 0.472 e. The van der Waals surface area contributed by atoms with Crippen molar-refractivity contribution in [1.29, 1.82) is 0 Å². The van der Waals surface area contributed by atoms with Crippen molar-refractivity contribution in [2.75, 3.05) is 39.6 Å². The van der Waals surface area contributed by atoms with E-state index in [0.717, 1.165) is 161 Å². The molecule has 0 aliphatic rings. The third kappa shape index (κ3) is 66.4. The highest BCUT2D eigenvalue weighted by Crippen LogP contribution is 2.45. The molecule has 0 amide bonds. The molecule has 16 nitrogen and oxygen atoms in total. The second kappa shape index (κ2) is 65.2. The van der Waals surface area contributed by atoms with E-state index in [9.17, 15) is 43.5 Å². The molecule has 5 unspecified atom stereocenters. The third-order valence-electron chi connectivity index (χ3n) is 13.2. The lowest BCUT2D eigenvalue weighted by molar-refractivity contribution is -0.161. The minimum absolute atomic E-state index is 0.0364. The van der Waals surface area contributed by atoms with Gasteiger partial charge in [-0.15, -0.1) is 0 Å². The SMILES string of the molecule is CC/C=C\C/C=C\C/C=C\C/C=C\C/C=C\C/C=C\CCC(=O)OCC(COP(=O)(O)OCC(O)COP(=O)(O)OCC(O)COC(=O)CCCCCCCCC/C=C\C/C=C\C/C=C\C/C=C\C/C=C\CC)OC(=O)CCCCCCC/C=C\C/C=C\CCC. The second-order valence-corrected chi connectivity index (χ2v) is 24.8. The predicted octanol–water partition coefficient (Wildman–Crippen LogP) is 18.7. The van der Waals surface area contributed by atoms with E-state index in [1.807, 2.05) is 18.2 Å². The van der Waals surface area contributed by atoms with Crippen LogP contribution in [0.15, 0.2) is 158 Å². The molecular formula is C73H118O16P2. The van der Waals surface area contributed by atoms with Crippen molar-refractivity contribution in [3.05, 3.63) is 158 Å². The summed E-state index contributed by atoms with van der Waals surface area (Å²) in [7, 11) is -9.81. The Hall–Kier alpha value is -4.83. The van der Waals surface area contributed by atoms with Gasteiger partial charge in [-0.25, -0.2) is 9.13 Å². The molecule has 0 aromatic rings. The van der Waals surface area contributed by atoms with Gasteiger partial charge in [-0.3, -0.25) is 32.5 Å². The molecule has 0 rings (SSSR count). The Morgan fingerprint density at radius 2 is 0.604 bits per heavy atom. The zero-order chi connectivity index (χ0) is 66.7. The smallest absolute Gasteiger partial charge is 0.463 e. The largest absolute Gasteiger partial charge is 0.472 e. The van der Waals surface area contributed by atoms with Crippen molar-refractivity contribution in [1.82, 2.24) is 0 Å². The summed E-state index contributed by atoms with van der Waals surface area (Å²) in [6.45, 7) is 2.22. The fraction of sp³-hybridized carbons (Fsp3) is 0.603. The van der Waals surface area contributed by atoms with Crippen LogP contribution in [-0.2, 0) is 55.8 Å². The first-order valence-corrected chi connectivity index (χ1v) is 36.8. The first-order chi connectivity index (χ1) is 44.2. The van der Waals surface area contributed by atoms with Crippen molar-refractivity contribution in [2.45, 2.75) is 245 Å². The minimum Gasteiger partial charge on any atom is -0.463 e. The second-order valence-electron chi connectivity index (χ2n) is 21.9. The Balaban J connectivity index is 4.70. The summed E-state index contributed by atoms with van der Waals surface area (Å²) in [6.07, 6.45) is 78.9. The molecule has 0 fully saturated rings. The quantitative estimate of drug-likeness (QED) is 0.0146. The van der Waals surface area contributed by atoms with E-state index in [2.05, 4.69) is 161 Å². The van der Waals surface area contributed by atoms with Crippen molar-refractivity contribution in [3.63, 3.8) is 0 Å². The Labute approximate surface area is 549 Å². The number of hydrogen-bond acceptors (Lipinski definition) is 14. The van der Waals surface area contributed by atoms with Crippen LogP contribution in [0.5, 0.6) is 0 Å². The minimum atomic E-state index is -4.95. The number of esters is 3. The van der Waals surface area contributed by atoms with Gasteiger partial charge >= 0.3 is 33.6 Å². The first-order valence-electron chi connectivity index (χ1n) is 33.8.